The van der Waals surface area contributed by atoms with Gasteiger partial charge in [-0.15, -0.1) is 0 Å². The van der Waals surface area contributed by atoms with Crippen LogP contribution in [0.4, 0.5) is 0 Å². The zero-order valence-corrected chi connectivity index (χ0v) is 15.3. The lowest BCUT2D eigenvalue weighted by Crippen LogP contribution is -2.33. The Balaban J connectivity index is -0.000000375. The Hall–Kier alpha value is -0.850. The molecule has 0 aliphatic rings. The molecule has 1 heteroatoms. The normalized spacial score (nSPS) is 9.84. The van der Waals surface area contributed by atoms with Crippen LogP contribution < -0.4 is 0 Å². The van der Waals surface area contributed by atoms with Crippen LogP contribution in [0.5, 0.6) is 0 Å². The van der Waals surface area contributed by atoms with Gasteiger partial charge in [-0.05, 0) is 22.5 Å². The molecule has 0 aliphatic carbocycles. The fourth-order valence-corrected chi connectivity index (χ4v) is 1.17. The Morgan fingerprint density at radius 2 is 1.21 bits per heavy atom. The molecule has 0 spiro atoms. The molecule has 19 heavy (non-hydrogen) atoms. The molecular formula is C18H37N. The zero-order valence-electron chi connectivity index (χ0n) is 15.3. The fourth-order valence-electron chi connectivity index (χ4n) is 1.17. The lowest BCUT2D eigenvalue weighted by Gasteiger charge is -2.39. The smallest absolute Gasteiger partial charge is 0.0305 e. The van der Waals surface area contributed by atoms with E-state index < -0.39 is 0 Å². The van der Waals surface area contributed by atoms with E-state index in [1.54, 1.807) is 0 Å². The predicted molar refractivity (Wildman–Crippen MR) is 90.8 cm³/mol. The predicted octanol–water partition coefficient (Wildman–Crippen LogP) is 6.48. The molecular weight excluding hydrogens is 230 g/mol. The second kappa shape index (κ2) is 12.2. The van der Waals surface area contributed by atoms with Gasteiger partial charge in [0.2, 0.25) is 0 Å². The third kappa shape index (κ3) is 8.02. The molecule has 0 N–H and O–H groups in total. The molecule has 0 saturated heterocycles. The standard InChI is InChI=1S/C12H19N.3C2H6/c1-11(2,3)12(4,5)10-7-6-8-13-9-10;3*1-2/h6-9H,1-5H3;3*1-2H3. The lowest BCUT2D eigenvalue weighted by molar-refractivity contribution is 0.225. The number of nitrogens with zero attached hydrogens (tertiary/aromatic N) is 1. The quantitative estimate of drug-likeness (QED) is 0.567. The van der Waals surface area contributed by atoms with Gasteiger partial charge in [-0.2, -0.15) is 0 Å². The first-order valence-electron chi connectivity index (χ1n) is 7.76. The molecule has 0 fully saturated rings. The van der Waals surface area contributed by atoms with E-state index in [0.717, 1.165) is 0 Å². The SMILES string of the molecule is CC.CC.CC.CC(C)(C)C(C)(C)c1cccnc1. The molecule has 0 bridgehead atoms. The van der Waals surface area contributed by atoms with Crippen LogP contribution >= 0.6 is 0 Å². The average molecular weight is 268 g/mol. The van der Waals surface area contributed by atoms with Crippen molar-refractivity contribution >= 4 is 0 Å². The van der Waals surface area contributed by atoms with Crippen LogP contribution in [0.15, 0.2) is 24.5 Å². The topological polar surface area (TPSA) is 12.9 Å². The molecule has 114 valence electrons. The van der Waals surface area contributed by atoms with Crippen molar-refractivity contribution in [1.82, 2.24) is 4.98 Å². The van der Waals surface area contributed by atoms with Gasteiger partial charge in [0.25, 0.3) is 0 Å². The molecule has 0 atom stereocenters. The number of hydrogen-bond donors (Lipinski definition) is 0. The summed E-state index contributed by atoms with van der Waals surface area (Å²) in [6.45, 7) is 23.3. The van der Waals surface area contributed by atoms with Crippen LogP contribution in [0.2, 0.25) is 0 Å². The summed E-state index contributed by atoms with van der Waals surface area (Å²) >= 11 is 0. The minimum atomic E-state index is 0.168. The number of pyridine rings is 1. The molecule has 1 heterocycles. The van der Waals surface area contributed by atoms with E-state index in [9.17, 15) is 0 Å². The lowest BCUT2D eigenvalue weighted by atomic mass is 9.66. The summed E-state index contributed by atoms with van der Waals surface area (Å²) in [7, 11) is 0. The first kappa shape index (κ1) is 23.3. The first-order chi connectivity index (χ1) is 8.86. The highest BCUT2D eigenvalue weighted by atomic mass is 14.6. The molecule has 0 aromatic carbocycles. The van der Waals surface area contributed by atoms with E-state index in [4.69, 9.17) is 0 Å². The van der Waals surface area contributed by atoms with Crippen molar-refractivity contribution in [2.45, 2.75) is 81.6 Å². The molecule has 1 aromatic rings. The van der Waals surface area contributed by atoms with Crippen molar-refractivity contribution in [3.63, 3.8) is 0 Å². The van der Waals surface area contributed by atoms with E-state index in [1.807, 2.05) is 60.0 Å². The molecule has 0 aliphatic heterocycles. The third-order valence-corrected chi connectivity index (χ3v) is 3.26. The Morgan fingerprint density at radius 3 is 1.47 bits per heavy atom. The van der Waals surface area contributed by atoms with Gasteiger partial charge >= 0.3 is 0 Å². The third-order valence-electron chi connectivity index (χ3n) is 3.26. The number of aromatic nitrogens is 1. The van der Waals surface area contributed by atoms with Gasteiger partial charge in [-0.25, -0.2) is 0 Å². The fraction of sp³-hybridized carbons (Fsp3) is 0.722. The molecule has 0 radical (unpaired) electrons. The maximum atomic E-state index is 4.16. The van der Waals surface area contributed by atoms with Crippen molar-refractivity contribution in [2.24, 2.45) is 5.41 Å². The molecule has 0 amide bonds. The maximum absolute atomic E-state index is 4.16. The molecule has 1 aromatic heterocycles. The van der Waals surface area contributed by atoms with E-state index >= 15 is 0 Å². The Morgan fingerprint density at radius 1 is 0.789 bits per heavy atom. The van der Waals surface area contributed by atoms with Crippen LogP contribution in [-0.4, -0.2) is 4.98 Å². The van der Waals surface area contributed by atoms with Gasteiger partial charge in [-0.1, -0.05) is 82.2 Å². The summed E-state index contributed by atoms with van der Waals surface area (Å²) in [4.78, 5) is 4.16. The van der Waals surface area contributed by atoms with E-state index in [0.29, 0.717) is 0 Å². The van der Waals surface area contributed by atoms with Crippen LogP contribution in [0.25, 0.3) is 0 Å². The summed E-state index contributed by atoms with van der Waals surface area (Å²) < 4.78 is 0. The van der Waals surface area contributed by atoms with Crippen molar-refractivity contribution in [3.8, 4) is 0 Å². The monoisotopic (exact) mass is 267 g/mol. The Kier molecular flexibility index (Phi) is 14.9. The van der Waals surface area contributed by atoms with E-state index in [-0.39, 0.29) is 10.8 Å². The second-order valence-corrected chi connectivity index (χ2v) is 5.12. The average Bonchev–Trinajstić information content (AvgIpc) is 2.45. The van der Waals surface area contributed by atoms with E-state index in [1.165, 1.54) is 5.56 Å². The second-order valence-electron chi connectivity index (χ2n) is 5.12. The van der Waals surface area contributed by atoms with Gasteiger partial charge in [0.15, 0.2) is 0 Å². The van der Waals surface area contributed by atoms with Crippen molar-refractivity contribution in [3.05, 3.63) is 30.1 Å². The summed E-state index contributed by atoms with van der Waals surface area (Å²) in [6.07, 6.45) is 3.79. The highest BCUT2D eigenvalue weighted by Crippen LogP contribution is 2.40. The Bertz CT molecular complexity index is 267. The van der Waals surface area contributed by atoms with Crippen molar-refractivity contribution < 1.29 is 0 Å². The van der Waals surface area contributed by atoms with Crippen molar-refractivity contribution in [2.75, 3.05) is 0 Å². The zero-order chi connectivity index (χ0) is 16.1. The summed E-state index contributed by atoms with van der Waals surface area (Å²) in [5.41, 5.74) is 1.74. The first-order valence-corrected chi connectivity index (χ1v) is 7.76. The molecule has 0 unspecified atom stereocenters. The Labute approximate surface area is 122 Å². The molecule has 0 saturated carbocycles. The van der Waals surface area contributed by atoms with Crippen LogP contribution in [0.1, 0.15) is 81.7 Å². The highest BCUT2D eigenvalue weighted by Gasteiger charge is 2.34. The van der Waals surface area contributed by atoms with Gasteiger partial charge < -0.3 is 0 Å². The minimum Gasteiger partial charge on any atom is -0.264 e. The highest BCUT2D eigenvalue weighted by molar-refractivity contribution is 5.22. The summed E-state index contributed by atoms with van der Waals surface area (Å²) in [6, 6.07) is 4.15. The molecule has 1 rings (SSSR count). The van der Waals surface area contributed by atoms with Gasteiger partial charge in [0.05, 0.1) is 0 Å². The van der Waals surface area contributed by atoms with Crippen molar-refractivity contribution in [1.29, 1.82) is 0 Å². The van der Waals surface area contributed by atoms with Crippen LogP contribution in [0.3, 0.4) is 0 Å². The van der Waals surface area contributed by atoms with Crippen LogP contribution in [0, 0.1) is 5.41 Å². The van der Waals surface area contributed by atoms with Gasteiger partial charge in [-0.3, -0.25) is 4.98 Å². The summed E-state index contributed by atoms with van der Waals surface area (Å²) in [5.74, 6) is 0. The van der Waals surface area contributed by atoms with Gasteiger partial charge in [0.1, 0.15) is 0 Å². The summed E-state index contributed by atoms with van der Waals surface area (Å²) in [5, 5.41) is 0. The maximum Gasteiger partial charge on any atom is 0.0305 e. The molecule has 1 nitrogen and oxygen atoms in total. The van der Waals surface area contributed by atoms with E-state index in [2.05, 4.69) is 45.7 Å². The number of hydrogen-bond acceptors (Lipinski definition) is 1. The van der Waals surface area contributed by atoms with Gasteiger partial charge in [0, 0.05) is 12.4 Å². The minimum absolute atomic E-state index is 0.168. The largest absolute Gasteiger partial charge is 0.264 e. The van der Waals surface area contributed by atoms with Crippen LogP contribution in [-0.2, 0) is 5.41 Å². The number of rotatable bonds is 1.